The molecule has 4 nitrogen and oxygen atoms in total. The number of nitrogens with two attached hydrogens (primary N) is 1. The number of nitrogens with zero attached hydrogens (tertiary/aromatic N) is 1. The molecule has 5 heteroatoms. The Morgan fingerprint density at radius 3 is 2.42 bits per heavy atom. The molecule has 2 aromatic carbocycles. The second-order valence-electron chi connectivity index (χ2n) is 7.09. The van der Waals surface area contributed by atoms with Gasteiger partial charge >= 0.3 is 0 Å². The third-order valence-corrected chi connectivity index (χ3v) is 5.53. The van der Waals surface area contributed by atoms with Crippen molar-refractivity contribution in [3.8, 4) is 0 Å². The number of likely N-dealkylation sites (tertiary alicyclic amines) is 1. The first-order valence-corrected chi connectivity index (χ1v) is 9.44. The van der Waals surface area contributed by atoms with Gasteiger partial charge in [0.2, 0.25) is 5.91 Å². The van der Waals surface area contributed by atoms with Crippen LogP contribution in [0.4, 0.5) is 0 Å². The molecule has 2 unspecified atom stereocenters. The molecule has 0 aliphatic carbocycles. The highest BCUT2D eigenvalue weighted by atomic mass is 35.5. The first-order chi connectivity index (χ1) is 12.5. The number of carbonyl (C=O) groups is 1. The zero-order chi connectivity index (χ0) is 18.7. The molecule has 0 spiro atoms. The highest BCUT2D eigenvalue weighted by Crippen LogP contribution is 2.28. The van der Waals surface area contributed by atoms with Crippen LogP contribution in [0.1, 0.15) is 36.9 Å². The second-order valence-corrected chi connectivity index (χ2v) is 7.53. The lowest BCUT2D eigenvalue weighted by Gasteiger charge is -2.25. The second kappa shape index (κ2) is 8.21. The number of nitrogens with one attached hydrogen (secondary N) is 1. The van der Waals surface area contributed by atoms with Gasteiger partial charge in [-0.1, -0.05) is 54.1 Å². The van der Waals surface area contributed by atoms with E-state index < -0.39 is 0 Å². The SMILES string of the molecule is CC(NC(=O)C(C)N1C[C@@H](N)[C@H](c2ccccc2)C1)c1ccc(Cl)cc1. The smallest absolute Gasteiger partial charge is 0.237 e. The quantitative estimate of drug-likeness (QED) is 0.847. The van der Waals surface area contributed by atoms with E-state index in [0.717, 1.165) is 18.7 Å². The third kappa shape index (κ3) is 4.26. The molecule has 0 bridgehead atoms. The van der Waals surface area contributed by atoms with Crippen LogP contribution in [0.2, 0.25) is 5.02 Å². The molecule has 4 atom stereocenters. The molecular formula is C21H26ClN3O. The maximum atomic E-state index is 12.7. The number of halogens is 1. The van der Waals surface area contributed by atoms with Crippen molar-refractivity contribution in [1.82, 2.24) is 10.2 Å². The fourth-order valence-electron chi connectivity index (χ4n) is 3.56. The fraction of sp³-hybridized carbons (Fsp3) is 0.381. The van der Waals surface area contributed by atoms with Crippen LogP contribution in [0, 0.1) is 0 Å². The highest BCUT2D eigenvalue weighted by molar-refractivity contribution is 6.30. The monoisotopic (exact) mass is 371 g/mol. The van der Waals surface area contributed by atoms with Crippen molar-refractivity contribution in [3.05, 3.63) is 70.7 Å². The number of hydrogen-bond donors (Lipinski definition) is 2. The van der Waals surface area contributed by atoms with Gasteiger partial charge in [0.25, 0.3) is 0 Å². The molecule has 1 amide bonds. The molecular weight excluding hydrogens is 346 g/mol. The number of carbonyl (C=O) groups excluding carboxylic acids is 1. The van der Waals surface area contributed by atoms with Crippen LogP contribution in [0.5, 0.6) is 0 Å². The van der Waals surface area contributed by atoms with E-state index in [2.05, 4.69) is 22.3 Å². The summed E-state index contributed by atoms with van der Waals surface area (Å²) in [5.41, 5.74) is 8.64. The van der Waals surface area contributed by atoms with Crippen LogP contribution in [0.15, 0.2) is 54.6 Å². The molecule has 0 radical (unpaired) electrons. The number of hydrogen-bond acceptors (Lipinski definition) is 3. The van der Waals surface area contributed by atoms with Crippen LogP contribution < -0.4 is 11.1 Å². The van der Waals surface area contributed by atoms with E-state index in [9.17, 15) is 4.79 Å². The first-order valence-electron chi connectivity index (χ1n) is 9.06. The third-order valence-electron chi connectivity index (χ3n) is 5.28. The van der Waals surface area contributed by atoms with E-state index in [0.29, 0.717) is 5.02 Å². The summed E-state index contributed by atoms with van der Waals surface area (Å²) in [6.45, 7) is 5.46. The predicted octanol–water partition coefficient (Wildman–Crippen LogP) is 3.33. The van der Waals surface area contributed by atoms with Crippen molar-refractivity contribution in [1.29, 1.82) is 0 Å². The van der Waals surface area contributed by atoms with Crippen LogP contribution >= 0.6 is 11.6 Å². The summed E-state index contributed by atoms with van der Waals surface area (Å²) in [4.78, 5) is 14.9. The number of rotatable bonds is 5. The molecule has 1 saturated heterocycles. The van der Waals surface area contributed by atoms with Gasteiger partial charge < -0.3 is 11.1 Å². The van der Waals surface area contributed by atoms with E-state index in [1.165, 1.54) is 5.56 Å². The van der Waals surface area contributed by atoms with Crippen molar-refractivity contribution >= 4 is 17.5 Å². The van der Waals surface area contributed by atoms with E-state index >= 15 is 0 Å². The van der Waals surface area contributed by atoms with Crippen molar-refractivity contribution < 1.29 is 4.79 Å². The molecule has 3 rings (SSSR count). The average Bonchev–Trinajstić information content (AvgIpc) is 3.04. The summed E-state index contributed by atoms with van der Waals surface area (Å²) < 4.78 is 0. The molecule has 3 N–H and O–H groups in total. The van der Waals surface area contributed by atoms with Gasteiger partial charge in [-0.3, -0.25) is 9.69 Å². The van der Waals surface area contributed by atoms with E-state index in [-0.39, 0.29) is 30.0 Å². The minimum atomic E-state index is -0.218. The summed E-state index contributed by atoms with van der Waals surface area (Å²) in [6.07, 6.45) is 0. The van der Waals surface area contributed by atoms with Crippen molar-refractivity contribution in [2.45, 2.75) is 37.9 Å². The van der Waals surface area contributed by atoms with Gasteiger partial charge in [-0.2, -0.15) is 0 Å². The lowest BCUT2D eigenvalue weighted by atomic mass is 9.95. The maximum absolute atomic E-state index is 12.7. The molecule has 26 heavy (non-hydrogen) atoms. The van der Waals surface area contributed by atoms with Gasteiger partial charge in [-0.25, -0.2) is 0 Å². The van der Waals surface area contributed by atoms with Gasteiger partial charge in [-0.15, -0.1) is 0 Å². The summed E-state index contributed by atoms with van der Waals surface area (Å²) in [5, 5.41) is 3.79. The molecule has 1 aliphatic rings. The molecule has 1 heterocycles. The molecule has 1 aliphatic heterocycles. The fourth-order valence-corrected chi connectivity index (χ4v) is 3.69. The van der Waals surface area contributed by atoms with E-state index in [4.69, 9.17) is 17.3 Å². The summed E-state index contributed by atoms with van der Waals surface area (Å²) in [5.74, 6) is 0.286. The van der Waals surface area contributed by atoms with Gasteiger partial charge in [0.1, 0.15) is 0 Å². The van der Waals surface area contributed by atoms with Crippen LogP contribution in [0.25, 0.3) is 0 Å². The standard InChI is InChI=1S/C21H26ClN3O/c1-14(16-8-10-18(22)11-9-16)24-21(26)15(2)25-12-19(20(23)13-25)17-6-4-3-5-7-17/h3-11,14-15,19-20H,12-13,23H2,1-2H3,(H,24,26)/t14?,15?,19-,20+/m0/s1. The Hall–Kier alpha value is -1.88. The summed E-state index contributed by atoms with van der Waals surface area (Å²) in [7, 11) is 0. The maximum Gasteiger partial charge on any atom is 0.237 e. The molecule has 0 saturated carbocycles. The predicted molar refractivity (Wildman–Crippen MR) is 106 cm³/mol. The Kier molecular flexibility index (Phi) is 5.97. The van der Waals surface area contributed by atoms with Crippen LogP contribution in [0.3, 0.4) is 0 Å². The molecule has 2 aromatic rings. The zero-order valence-electron chi connectivity index (χ0n) is 15.2. The Bertz CT molecular complexity index is 735. The van der Waals surface area contributed by atoms with Crippen molar-refractivity contribution in [2.75, 3.05) is 13.1 Å². The van der Waals surface area contributed by atoms with Crippen LogP contribution in [-0.2, 0) is 4.79 Å². The van der Waals surface area contributed by atoms with Crippen LogP contribution in [-0.4, -0.2) is 36.0 Å². The molecule has 0 aromatic heterocycles. The largest absolute Gasteiger partial charge is 0.348 e. The Morgan fingerprint density at radius 2 is 1.77 bits per heavy atom. The number of amides is 1. The average molecular weight is 372 g/mol. The molecule has 138 valence electrons. The highest BCUT2D eigenvalue weighted by Gasteiger charge is 2.35. The number of benzene rings is 2. The minimum Gasteiger partial charge on any atom is -0.348 e. The van der Waals surface area contributed by atoms with Gasteiger partial charge in [0.05, 0.1) is 12.1 Å². The van der Waals surface area contributed by atoms with Gasteiger partial charge in [0.15, 0.2) is 0 Å². The Morgan fingerprint density at radius 1 is 1.12 bits per heavy atom. The summed E-state index contributed by atoms with van der Waals surface area (Å²) >= 11 is 5.93. The lowest BCUT2D eigenvalue weighted by Crippen LogP contribution is -2.45. The normalized spacial score (nSPS) is 22.8. The minimum absolute atomic E-state index is 0.0216. The molecule has 1 fully saturated rings. The Labute approximate surface area is 160 Å². The summed E-state index contributed by atoms with van der Waals surface area (Å²) in [6, 6.07) is 17.6. The topological polar surface area (TPSA) is 58.4 Å². The Balaban J connectivity index is 1.61. The van der Waals surface area contributed by atoms with Crippen molar-refractivity contribution in [2.24, 2.45) is 5.73 Å². The zero-order valence-corrected chi connectivity index (χ0v) is 16.0. The van der Waals surface area contributed by atoms with E-state index in [1.54, 1.807) is 0 Å². The van der Waals surface area contributed by atoms with E-state index in [1.807, 2.05) is 56.3 Å². The van der Waals surface area contributed by atoms with Crippen molar-refractivity contribution in [3.63, 3.8) is 0 Å². The van der Waals surface area contributed by atoms with Gasteiger partial charge in [-0.05, 0) is 37.1 Å². The van der Waals surface area contributed by atoms with Gasteiger partial charge in [0, 0.05) is 30.1 Å². The lowest BCUT2D eigenvalue weighted by molar-refractivity contribution is -0.126. The first kappa shape index (κ1) is 18.9.